The van der Waals surface area contributed by atoms with Gasteiger partial charge in [-0.05, 0) is 59.2 Å². The van der Waals surface area contributed by atoms with Crippen molar-refractivity contribution in [3.63, 3.8) is 0 Å². The molecule has 162 valence electrons. The highest BCUT2D eigenvalue weighted by Gasteiger charge is 2.24. The van der Waals surface area contributed by atoms with E-state index in [1.165, 1.54) is 0 Å². The highest BCUT2D eigenvalue weighted by Crippen LogP contribution is 2.39. The van der Waals surface area contributed by atoms with Gasteiger partial charge in [-0.3, -0.25) is 9.78 Å². The SMILES string of the molecule is O=C(C[C@H](c1ccc2c(c1)OCCO2)c1c[nH]c2ccc(Cl)cc12)NCc1ccncc1. The van der Waals surface area contributed by atoms with Crippen LogP contribution < -0.4 is 14.8 Å². The first kappa shape index (κ1) is 20.4. The van der Waals surface area contributed by atoms with Crippen molar-refractivity contribution >= 4 is 28.4 Å². The number of carbonyl (C=O) groups is 1. The summed E-state index contributed by atoms with van der Waals surface area (Å²) in [4.78, 5) is 20.3. The first-order chi connectivity index (χ1) is 15.7. The average molecular weight is 448 g/mol. The minimum absolute atomic E-state index is 0.0434. The molecule has 2 aromatic heterocycles. The minimum atomic E-state index is -0.185. The zero-order valence-corrected chi connectivity index (χ0v) is 18.1. The largest absolute Gasteiger partial charge is 0.486 e. The van der Waals surface area contributed by atoms with Gasteiger partial charge in [0.25, 0.3) is 0 Å². The van der Waals surface area contributed by atoms with Crippen molar-refractivity contribution in [2.24, 2.45) is 0 Å². The Balaban J connectivity index is 1.47. The molecule has 0 bridgehead atoms. The van der Waals surface area contributed by atoms with E-state index < -0.39 is 0 Å². The summed E-state index contributed by atoms with van der Waals surface area (Å²) in [6, 6.07) is 15.4. The van der Waals surface area contributed by atoms with Crippen molar-refractivity contribution in [2.75, 3.05) is 13.2 Å². The third kappa shape index (κ3) is 4.27. The average Bonchev–Trinajstić information content (AvgIpc) is 3.24. The van der Waals surface area contributed by atoms with E-state index in [1.807, 2.05) is 54.7 Å². The van der Waals surface area contributed by atoms with Gasteiger partial charge in [0.15, 0.2) is 11.5 Å². The molecule has 3 heterocycles. The zero-order valence-electron chi connectivity index (χ0n) is 17.3. The summed E-state index contributed by atoms with van der Waals surface area (Å²) in [5.74, 6) is 1.20. The van der Waals surface area contributed by atoms with E-state index in [0.717, 1.165) is 33.3 Å². The Morgan fingerprint density at radius 2 is 1.88 bits per heavy atom. The summed E-state index contributed by atoms with van der Waals surface area (Å²) >= 11 is 6.28. The second-order valence-corrected chi connectivity index (χ2v) is 8.16. The summed E-state index contributed by atoms with van der Waals surface area (Å²) in [5.41, 5.74) is 3.97. The van der Waals surface area contributed by atoms with Crippen LogP contribution in [0.25, 0.3) is 10.9 Å². The molecule has 1 aliphatic rings. The van der Waals surface area contributed by atoms with Gasteiger partial charge in [0.05, 0.1) is 0 Å². The molecule has 0 aliphatic carbocycles. The van der Waals surface area contributed by atoms with Gasteiger partial charge in [-0.1, -0.05) is 17.7 Å². The van der Waals surface area contributed by atoms with Gasteiger partial charge in [-0.25, -0.2) is 0 Å². The lowest BCUT2D eigenvalue weighted by Gasteiger charge is -2.22. The number of nitrogens with zero attached hydrogens (tertiary/aromatic N) is 1. The van der Waals surface area contributed by atoms with Gasteiger partial charge in [0.2, 0.25) is 5.91 Å². The molecule has 6 nitrogen and oxygen atoms in total. The monoisotopic (exact) mass is 447 g/mol. The predicted octanol–water partition coefficient (Wildman–Crippen LogP) is 4.83. The van der Waals surface area contributed by atoms with E-state index in [2.05, 4.69) is 15.3 Å². The van der Waals surface area contributed by atoms with Gasteiger partial charge in [0, 0.05) is 53.4 Å². The molecule has 0 fully saturated rings. The van der Waals surface area contributed by atoms with Crippen molar-refractivity contribution in [3.05, 3.63) is 88.8 Å². The van der Waals surface area contributed by atoms with E-state index in [9.17, 15) is 4.79 Å². The molecular formula is C25H22ClN3O3. The fraction of sp³-hybridized carbons (Fsp3) is 0.200. The van der Waals surface area contributed by atoms with Crippen LogP contribution in [0.1, 0.15) is 29.0 Å². The quantitative estimate of drug-likeness (QED) is 0.444. The van der Waals surface area contributed by atoms with Crippen molar-refractivity contribution in [1.29, 1.82) is 0 Å². The second kappa shape index (κ2) is 8.93. The topological polar surface area (TPSA) is 76.2 Å². The molecule has 32 heavy (non-hydrogen) atoms. The molecule has 0 unspecified atom stereocenters. The van der Waals surface area contributed by atoms with Crippen LogP contribution >= 0.6 is 11.6 Å². The van der Waals surface area contributed by atoms with Crippen molar-refractivity contribution in [3.8, 4) is 11.5 Å². The van der Waals surface area contributed by atoms with Crippen LogP contribution in [0.3, 0.4) is 0 Å². The molecule has 2 N–H and O–H groups in total. The molecule has 4 aromatic rings. The summed E-state index contributed by atoms with van der Waals surface area (Å²) < 4.78 is 11.5. The number of H-pyrrole nitrogens is 1. The molecule has 5 rings (SSSR count). The first-order valence-corrected chi connectivity index (χ1v) is 10.9. The minimum Gasteiger partial charge on any atom is -0.486 e. The number of aromatic nitrogens is 2. The maximum absolute atomic E-state index is 13.0. The summed E-state index contributed by atoms with van der Waals surface area (Å²) in [5, 5.41) is 4.68. The Morgan fingerprint density at radius 1 is 1.06 bits per heavy atom. The number of nitrogens with one attached hydrogen (secondary N) is 2. The number of rotatable bonds is 6. The van der Waals surface area contributed by atoms with Gasteiger partial charge >= 0.3 is 0 Å². The highest BCUT2D eigenvalue weighted by molar-refractivity contribution is 6.31. The van der Waals surface area contributed by atoms with Crippen molar-refractivity contribution in [1.82, 2.24) is 15.3 Å². The third-order valence-electron chi connectivity index (χ3n) is 5.65. The lowest BCUT2D eigenvalue weighted by atomic mass is 9.87. The normalized spacial score (nSPS) is 13.7. The van der Waals surface area contributed by atoms with E-state index in [4.69, 9.17) is 21.1 Å². The van der Waals surface area contributed by atoms with Gasteiger partial charge in [-0.2, -0.15) is 0 Å². The van der Waals surface area contributed by atoms with Crippen LogP contribution in [0.4, 0.5) is 0 Å². The molecule has 7 heteroatoms. The summed E-state index contributed by atoms with van der Waals surface area (Å²) in [6.45, 7) is 1.50. The van der Waals surface area contributed by atoms with E-state index in [0.29, 0.717) is 30.5 Å². The predicted molar refractivity (Wildman–Crippen MR) is 123 cm³/mol. The number of hydrogen-bond acceptors (Lipinski definition) is 4. The first-order valence-electron chi connectivity index (χ1n) is 10.5. The fourth-order valence-corrected chi connectivity index (χ4v) is 4.22. The maximum atomic E-state index is 13.0. The van der Waals surface area contributed by atoms with Gasteiger partial charge < -0.3 is 19.8 Å². The number of hydrogen-bond donors (Lipinski definition) is 2. The molecule has 1 aliphatic heterocycles. The number of amides is 1. The number of pyridine rings is 1. The molecule has 0 spiro atoms. The zero-order chi connectivity index (χ0) is 21.9. The number of halogens is 1. The number of fused-ring (bicyclic) bond motifs is 2. The Bertz CT molecular complexity index is 1260. The van der Waals surface area contributed by atoms with Gasteiger partial charge in [-0.15, -0.1) is 0 Å². The summed E-state index contributed by atoms with van der Waals surface area (Å²) in [6.07, 6.45) is 5.67. The maximum Gasteiger partial charge on any atom is 0.221 e. The van der Waals surface area contributed by atoms with E-state index in [-0.39, 0.29) is 18.2 Å². The molecule has 0 radical (unpaired) electrons. The molecule has 0 saturated heterocycles. The Kier molecular flexibility index (Phi) is 5.69. The van der Waals surface area contributed by atoms with E-state index >= 15 is 0 Å². The highest BCUT2D eigenvalue weighted by atomic mass is 35.5. The van der Waals surface area contributed by atoms with Gasteiger partial charge in [0.1, 0.15) is 13.2 Å². The number of carbonyl (C=O) groups excluding carboxylic acids is 1. The lowest BCUT2D eigenvalue weighted by molar-refractivity contribution is -0.121. The van der Waals surface area contributed by atoms with Crippen molar-refractivity contribution < 1.29 is 14.3 Å². The Labute approximate surface area is 190 Å². The standard InChI is InChI=1S/C25H22ClN3O3/c26-18-2-3-22-20(12-18)21(15-28-22)19(13-25(30)29-14-16-5-7-27-8-6-16)17-1-4-23-24(11-17)32-10-9-31-23/h1-8,11-12,15,19,28H,9-10,13-14H2,(H,29,30)/t19-/m1/s1. The lowest BCUT2D eigenvalue weighted by Crippen LogP contribution is -2.25. The Morgan fingerprint density at radius 3 is 2.72 bits per heavy atom. The molecule has 0 saturated carbocycles. The molecular weight excluding hydrogens is 426 g/mol. The van der Waals surface area contributed by atoms with Crippen LogP contribution in [0.15, 0.2) is 67.1 Å². The number of benzene rings is 2. The summed E-state index contributed by atoms with van der Waals surface area (Å²) in [7, 11) is 0. The number of ether oxygens (including phenoxy) is 2. The van der Waals surface area contributed by atoms with Crippen LogP contribution in [0.5, 0.6) is 11.5 Å². The second-order valence-electron chi connectivity index (χ2n) is 7.73. The van der Waals surface area contributed by atoms with Crippen LogP contribution in [-0.2, 0) is 11.3 Å². The van der Waals surface area contributed by atoms with E-state index in [1.54, 1.807) is 12.4 Å². The van der Waals surface area contributed by atoms with Crippen molar-refractivity contribution in [2.45, 2.75) is 18.9 Å². The Hall–Kier alpha value is -3.51. The molecule has 2 aromatic carbocycles. The smallest absolute Gasteiger partial charge is 0.221 e. The fourth-order valence-electron chi connectivity index (χ4n) is 4.05. The number of aromatic amines is 1. The molecule has 1 atom stereocenters. The van der Waals surface area contributed by atoms with Crippen LogP contribution in [-0.4, -0.2) is 29.1 Å². The third-order valence-corrected chi connectivity index (χ3v) is 5.88. The van der Waals surface area contributed by atoms with Crippen LogP contribution in [0, 0.1) is 0 Å². The molecule has 1 amide bonds. The van der Waals surface area contributed by atoms with Crippen LogP contribution in [0.2, 0.25) is 5.02 Å².